The van der Waals surface area contributed by atoms with E-state index in [1.807, 2.05) is 13.0 Å². The lowest BCUT2D eigenvalue weighted by molar-refractivity contribution is 0.102. The molecule has 4 heteroatoms. The minimum Gasteiger partial charge on any atom is -0.321 e. The molecule has 1 amide bonds. The fourth-order valence-electron chi connectivity index (χ4n) is 1.72. The third kappa shape index (κ3) is 2.93. The third-order valence-electron chi connectivity index (χ3n) is 2.74. The van der Waals surface area contributed by atoms with Crippen LogP contribution in [0.5, 0.6) is 0 Å². The van der Waals surface area contributed by atoms with Crippen LogP contribution in [0.25, 0.3) is 0 Å². The van der Waals surface area contributed by atoms with Crippen LogP contribution < -0.4 is 5.32 Å². The number of benzene rings is 2. The fourth-order valence-corrected chi connectivity index (χ4v) is 1.89. The minimum atomic E-state index is -0.275. The van der Waals surface area contributed by atoms with Gasteiger partial charge in [-0.3, -0.25) is 4.79 Å². The lowest BCUT2D eigenvalue weighted by Gasteiger charge is -2.09. The average Bonchev–Trinajstić information content (AvgIpc) is 2.42. The van der Waals surface area contributed by atoms with E-state index < -0.39 is 0 Å². The van der Waals surface area contributed by atoms with Crippen molar-refractivity contribution in [3.63, 3.8) is 0 Å². The number of nitrogens with one attached hydrogen (secondary N) is 1. The summed E-state index contributed by atoms with van der Waals surface area (Å²) in [6.07, 6.45) is 0. The molecule has 0 fully saturated rings. The molecule has 19 heavy (non-hydrogen) atoms. The number of para-hydroxylation sites is 1. The summed E-state index contributed by atoms with van der Waals surface area (Å²) in [6, 6.07) is 14.0. The molecule has 0 bridgehead atoms. The Labute approximate surface area is 116 Å². The zero-order chi connectivity index (χ0) is 13.8. The number of rotatable bonds is 2. The van der Waals surface area contributed by atoms with E-state index in [1.54, 1.807) is 42.5 Å². The summed E-state index contributed by atoms with van der Waals surface area (Å²) in [5.41, 5.74) is 2.25. The summed E-state index contributed by atoms with van der Waals surface area (Å²) in [4.78, 5) is 12.2. The number of hydrogen-bond donors (Lipinski definition) is 1. The summed E-state index contributed by atoms with van der Waals surface area (Å²) in [7, 11) is 0. The minimum absolute atomic E-state index is 0.275. The molecule has 0 aromatic heterocycles. The maximum atomic E-state index is 12.2. The molecule has 0 aliphatic heterocycles. The number of nitrogens with zero attached hydrogens (tertiary/aromatic N) is 1. The summed E-state index contributed by atoms with van der Waals surface area (Å²) < 4.78 is 0. The predicted octanol–water partition coefficient (Wildman–Crippen LogP) is 3.77. The molecule has 2 aromatic carbocycles. The van der Waals surface area contributed by atoms with E-state index >= 15 is 0 Å². The number of carbonyl (C=O) groups is 1. The molecule has 1 N–H and O–H groups in total. The molecule has 0 spiro atoms. The quantitative estimate of drug-likeness (QED) is 0.903. The van der Waals surface area contributed by atoms with Gasteiger partial charge in [0.25, 0.3) is 5.91 Å². The summed E-state index contributed by atoms with van der Waals surface area (Å²) in [6.45, 7) is 1.83. The Morgan fingerprint density at radius 1 is 1.26 bits per heavy atom. The molecule has 0 atom stereocenters. The molecule has 0 aliphatic carbocycles. The van der Waals surface area contributed by atoms with Gasteiger partial charge in [0.1, 0.15) is 6.07 Å². The van der Waals surface area contributed by atoms with Crippen molar-refractivity contribution >= 4 is 23.2 Å². The molecule has 0 saturated carbocycles. The second-order valence-corrected chi connectivity index (χ2v) is 4.51. The van der Waals surface area contributed by atoms with E-state index in [-0.39, 0.29) is 5.91 Å². The van der Waals surface area contributed by atoms with Gasteiger partial charge >= 0.3 is 0 Å². The monoisotopic (exact) mass is 270 g/mol. The number of aryl methyl sites for hydroxylation is 1. The normalized spacial score (nSPS) is 9.74. The van der Waals surface area contributed by atoms with Crippen LogP contribution in [0.1, 0.15) is 21.5 Å². The predicted molar refractivity (Wildman–Crippen MR) is 75.3 cm³/mol. The van der Waals surface area contributed by atoms with E-state index in [0.717, 1.165) is 5.56 Å². The number of halogens is 1. The largest absolute Gasteiger partial charge is 0.321 e. The molecule has 0 aliphatic rings. The van der Waals surface area contributed by atoms with Gasteiger partial charge in [-0.25, -0.2) is 0 Å². The molecule has 0 unspecified atom stereocenters. The highest BCUT2D eigenvalue weighted by molar-refractivity contribution is 6.31. The van der Waals surface area contributed by atoms with Gasteiger partial charge in [-0.2, -0.15) is 5.26 Å². The first kappa shape index (κ1) is 13.1. The zero-order valence-corrected chi connectivity index (χ0v) is 11.0. The van der Waals surface area contributed by atoms with Crippen molar-refractivity contribution in [1.29, 1.82) is 5.26 Å². The van der Waals surface area contributed by atoms with Crippen molar-refractivity contribution in [1.82, 2.24) is 0 Å². The molecule has 0 saturated heterocycles. The highest BCUT2D eigenvalue weighted by Crippen LogP contribution is 2.19. The molecule has 0 heterocycles. The van der Waals surface area contributed by atoms with Crippen molar-refractivity contribution in [2.45, 2.75) is 6.92 Å². The van der Waals surface area contributed by atoms with Crippen molar-refractivity contribution in [2.75, 3.05) is 5.32 Å². The average molecular weight is 271 g/mol. The summed E-state index contributed by atoms with van der Waals surface area (Å²) in [5, 5.41) is 12.2. The SMILES string of the molecule is Cc1ccc(Cl)cc1C(=O)Nc1ccccc1C#N. The second-order valence-electron chi connectivity index (χ2n) is 4.07. The van der Waals surface area contributed by atoms with E-state index in [2.05, 4.69) is 5.32 Å². The van der Waals surface area contributed by atoms with E-state index in [1.165, 1.54) is 0 Å². The van der Waals surface area contributed by atoms with Crippen LogP contribution in [-0.2, 0) is 0 Å². The van der Waals surface area contributed by atoms with Gasteiger partial charge in [-0.05, 0) is 36.8 Å². The number of nitriles is 1. The molecular weight excluding hydrogens is 260 g/mol. The van der Waals surface area contributed by atoms with Crippen LogP contribution in [0.3, 0.4) is 0 Å². The lowest BCUT2D eigenvalue weighted by Crippen LogP contribution is -2.14. The molecule has 0 radical (unpaired) electrons. The first-order chi connectivity index (χ1) is 9.11. The summed E-state index contributed by atoms with van der Waals surface area (Å²) >= 11 is 5.89. The van der Waals surface area contributed by atoms with Gasteiger partial charge in [-0.1, -0.05) is 29.8 Å². The Morgan fingerprint density at radius 2 is 2.00 bits per heavy atom. The lowest BCUT2D eigenvalue weighted by atomic mass is 10.1. The number of hydrogen-bond acceptors (Lipinski definition) is 2. The van der Waals surface area contributed by atoms with Crippen molar-refractivity contribution in [3.8, 4) is 6.07 Å². The van der Waals surface area contributed by atoms with Crippen LogP contribution in [0.4, 0.5) is 5.69 Å². The molecule has 94 valence electrons. The molecule has 3 nitrogen and oxygen atoms in total. The zero-order valence-electron chi connectivity index (χ0n) is 10.3. The first-order valence-corrected chi connectivity index (χ1v) is 6.06. The van der Waals surface area contributed by atoms with Crippen molar-refractivity contribution in [3.05, 3.63) is 64.2 Å². The maximum absolute atomic E-state index is 12.2. The van der Waals surface area contributed by atoms with Crippen LogP contribution in [0, 0.1) is 18.3 Å². The highest BCUT2D eigenvalue weighted by Gasteiger charge is 2.11. The van der Waals surface area contributed by atoms with Crippen molar-refractivity contribution in [2.24, 2.45) is 0 Å². The number of anilines is 1. The number of amides is 1. The Balaban J connectivity index is 2.31. The smallest absolute Gasteiger partial charge is 0.256 e. The summed E-state index contributed by atoms with van der Waals surface area (Å²) in [5.74, 6) is -0.275. The fraction of sp³-hybridized carbons (Fsp3) is 0.0667. The molecule has 2 rings (SSSR count). The Hall–Kier alpha value is -2.31. The standard InChI is InChI=1S/C15H11ClN2O/c1-10-6-7-12(16)8-13(10)15(19)18-14-5-3-2-4-11(14)9-17/h2-8H,1H3,(H,18,19). The van der Waals surface area contributed by atoms with Gasteiger partial charge in [0.15, 0.2) is 0 Å². The van der Waals surface area contributed by atoms with Gasteiger partial charge in [0.2, 0.25) is 0 Å². The Kier molecular flexibility index (Phi) is 3.84. The van der Waals surface area contributed by atoms with Crippen LogP contribution in [0.15, 0.2) is 42.5 Å². The highest BCUT2D eigenvalue weighted by atomic mass is 35.5. The first-order valence-electron chi connectivity index (χ1n) is 5.68. The van der Waals surface area contributed by atoms with E-state index in [4.69, 9.17) is 16.9 Å². The topological polar surface area (TPSA) is 52.9 Å². The third-order valence-corrected chi connectivity index (χ3v) is 2.98. The van der Waals surface area contributed by atoms with Gasteiger partial charge in [0, 0.05) is 10.6 Å². The van der Waals surface area contributed by atoms with Crippen LogP contribution in [-0.4, -0.2) is 5.91 Å². The van der Waals surface area contributed by atoms with Crippen LogP contribution in [0.2, 0.25) is 5.02 Å². The van der Waals surface area contributed by atoms with Gasteiger partial charge < -0.3 is 5.32 Å². The molecular formula is C15H11ClN2O. The van der Waals surface area contributed by atoms with Gasteiger partial charge in [-0.15, -0.1) is 0 Å². The van der Waals surface area contributed by atoms with Crippen molar-refractivity contribution < 1.29 is 4.79 Å². The second kappa shape index (κ2) is 5.55. The Bertz CT molecular complexity index is 674. The van der Waals surface area contributed by atoms with E-state index in [0.29, 0.717) is 21.8 Å². The maximum Gasteiger partial charge on any atom is 0.256 e. The Morgan fingerprint density at radius 3 is 2.74 bits per heavy atom. The van der Waals surface area contributed by atoms with Crippen LogP contribution >= 0.6 is 11.6 Å². The van der Waals surface area contributed by atoms with Gasteiger partial charge in [0.05, 0.1) is 11.3 Å². The van der Waals surface area contributed by atoms with E-state index in [9.17, 15) is 4.79 Å². The molecule has 2 aromatic rings. The number of carbonyl (C=O) groups excluding carboxylic acids is 1.